The fourth-order valence-corrected chi connectivity index (χ4v) is 5.24. The van der Waals surface area contributed by atoms with Crippen LogP contribution in [0.15, 0.2) is 59.5 Å². The third-order valence-corrected chi connectivity index (χ3v) is 7.10. The lowest BCUT2D eigenvalue weighted by Crippen LogP contribution is -2.47. The van der Waals surface area contributed by atoms with Crippen molar-refractivity contribution in [3.05, 3.63) is 65.7 Å². The van der Waals surface area contributed by atoms with Crippen molar-refractivity contribution in [2.45, 2.75) is 43.2 Å². The van der Waals surface area contributed by atoms with Gasteiger partial charge in [0.05, 0.1) is 4.90 Å². The molecule has 0 aliphatic carbocycles. The quantitative estimate of drug-likeness (QED) is 0.708. The van der Waals surface area contributed by atoms with Crippen molar-refractivity contribution in [1.29, 1.82) is 0 Å². The number of hydrogen-bond donors (Lipinski definition) is 2. The van der Waals surface area contributed by atoms with Gasteiger partial charge in [-0.05, 0) is 43.9 Å². The van der Waals surface area contributed by atoms with Crippen molar-refractivity contribution in [3.8, 4) is 0 Å². The van der Waals surface area contributed by atoms with E-state index in [4.69, 9.17) is 0 Å². The summed E-state index contributed by atoms with van der Waals surface area (Å²) in [4.78, 5) is 11.9. The Morgan fingerprint density at radius 2 is 1.86 bits per heavy atom. The van der Waals surface area contributed by atoms with Crippen LogP contribution in [0.4, 0.5) is 0 Å². The summed E-state index contributed by atoms with van der Waals surface area (Å²) >= 11 is 0. The average molecular weight is 403 g/mol. The zero-order valence-electron chi connectivity index (χ0n) is 15.9. The van der Waals surface area contributed by atoms with E-state index in [2.05, 4.69) is 5.32 Å². The second-order valence-electron chi connectivity index (χ2n) is 7.21. The topological polar surface area (TPSA) is 86.7 Å². The molecule has 2 aromatic rings. The number of carboxylic acids is 1. The maximum Gasteiger partial charge on any atom is 0.321 e. The van der Waals surface area contributed by atoms with Gasteiger partial charge < -0.3 is 10.4 Å². The Balaban J connectivity index is 1.68. The second-order valence-corrected chi connectivity index (χ2v) is 9.10. The van der Waals surface area contributed by atoms with Crippen molar-refractivity contribution >= 4 is 16.0 Å². The van der Waals surface area contributed by atoms with Crippen LogP contribution >= 0.6 is 0 Å². The number of sulfonamides is 1. The first kappa shape index (κ1) is 20.5. The van der Waals surface area contributed by atoms with Crippen LogP contribution in [0.5, 0.6) is 0 Å². The zero-order chi connectivity index (χ0) is 20.1. The molecule has 0 aromatic heterocycles. The fourth-order valence-electron chi connectivity index (χ4n) is 3.55. The van der Waals surface area contributed by atoms with Gasteiger partial charge in [-0.15, -0.1) is 0 Å². The Labute approximate surface area is 166 Å². The maximum absolute atomic E-state index is 13.0. The van der Waals surface area contributed by atoms with Crippen LogP contribution < -0.4 is 5.32 Å². The number of carbonyl (C=O) groups is 1. The van der Waals surface area contributed by atoms with Crippen molar-refractivity contribution in [3.63, 3.8) is 0 Å². The van der Waals surface area contributed by atoms with Crippen LogP contribution in [0.2, 0.25) is 0 Å². The first-order valence-corrected chi connectivity index (χ1v) is 10.9. The van der Waals surface area contributed by atoms with Crippen molar-refractivity contribution < 1.29 is 18.3 Å². The van der Waals surface area contributed by atoms with Gasteiger partial charge in [0.2, 0.25) is 10.0 Å². The summed E-state index contributed by atoms with van der Waals surface area (Å²) in [6, 6.07) is 15.2. The first-order chi connectivity index (χ1) is 13.4. The van der Waals surface area contributed by atoms with Gasteiger partial charge in [0.1, 0.15) is 6.04 Å². The number of carboxylic acid groups (broad SMARTS) is 1. The Bertz CT molecular complexity index is 898. The van der Waals surface area contributed by atoms with Gasteiger partial charge in [-0.2, -0.15) is 4.31 Å². The average Bonchev–Trinajstić information content (AvgIpc) is 3.15. The number of rotatable bonds is 8. The SMILES string of the molecule is Cc1ccc(S(=O)(=O)N2CCC[C@H]2CN[C@@H](Cc2ccccc2)C(=O)O)cc1. The highest BCUT2D eigenvalue weighted by Crippen LogP contribution is 2.26. The van der Waals surface area contributed by atoms with Crippen LogP contribution in [0.25, 0.3) is 0 Å². The fraction of sp³-hybridized carbons (Fsp3) is 0.381. The van der Waals surface area contributed by atoms with E-state index in [0.717, 1.165) is 24.0 Å². The summed E-state index contributed by atoms with van der Waals surface area (Å²) in [5, 5.41) is 12.6. The van der Waals surface area contributed by atoms with Crippen LogP contribution in [-0.2, 0) is 21.2 Å². The maximum atomic E-state index is 13.0. The van der Waals surface area contributed by atoms with E-state index in [0.29, 0.717) is 19.5 Å². The normalized spacial score (nSPS) is 18.8. The molecule has 1 heterocycles. The summed E-state index contributed by atoms with van der Waals surface area (Å²) < 4.78 is 27.5. The van der Waals surface area contributed by atoms with E-state index in [1.54, 1.807) is 24.3 Å². The van der Waals surface area contributed by atoms with E-state index in [1.165, 1.54) is 4.31 Å². The Morgan fingerprint density at radius 1 is 1.18 bits per heavy atom. The van der Waals surface area contributed by atoms with Gasteiger partial charge in [0.15, 0.2) is 0 Å². The minimum atomic E-state index is -3.59. The molecular formula is C21H26N2O4S. The molecule has 28 heavy (non-hydrogen) atoms. The van der Waals surface area contributed by atoms with E-state index < -0.39 is 22.0 Å². The van der Waals surface area contributed by atoms with E-state index in [-0.39, 0.29) is 10.9 Å². The molecule has 2 atom stereocenters. The monoisotopic (exact) mass is 402 g/mol. The summed E-state index contributed by atoms with van der Waals surface area (Å²) in [5.41, 5.74) is 1.93. The molecule has 0 saturated carbocycles. The van der Waals surface area contributed by atoms with Gasteiger partial charge in [-0.3, -0.25) is 4.79 Å². The molecule has 0 amide bonds. The molecule has 1 saturated heterocycles. The van der Waals surface area contributed by atoms with Crippen molar-refractivity contribution in [2.24, 2.45) is 0 Å². The lowest BCUT2D eigenvalue weighted by atomic mass is 10.1. The number of aryl methyl sites for hydroxylation is 1. The molecule has 1 aliphatic heterocycles. The predicted molar refractivity (Wildman–Crippen MR) is 108 cm³/mol. The zero-order valence-corrected chi connectivity index (χ0v) is 16.7. The summed E-state index contributed by atoms with van der Waals surface area (Å²) in [5.74, 6) is -0.935. The lowest BCUT2D eigenvalue weighted by molar-refractivity contribution is -0.139. The molecule has 150 valence electrons. The Kier molecular flexibility index (Phi) is 6.49. The molecule has 0 radical (unpaired) electrons. The molecule has 1 aliphatic rings. The van der Waals surface area contributed by atoms with Gasteiger partial charge in [0, 0.05) is 19.1 Å². The molecule has 0 unspecified atom stereocenters. The highest BCUT2D eigenvalue weighted by atomic mass is 32.2. The van der Waals surface area contributed by atoms with Gasteiger partial charge in [-0.1, -0.05) is 48.0 Å². The number of hydrogen-bond acceptors (Lipinski definition) is 4. The Morgan fingerprint density at radius 3 is 2.50 bits per heavy atom. The number of nitrogens with one attached hydrogen (secondary N) is 1. The lowest BCUT2D eigenvalue weighted by Gasteiger charge is -2.26. The van der Waals surface area contributed by atoms with E-state index in [9.17, 15) is 18.3 Å². The number of benzene rings is 2. The minimum Gasteiger partial charge on any atom is -0.480 e. The summed E-state index contributed by atoms with van der Waals surface area (Å²) in [6.45, 7) is 2.69. The highest BCUT2D eigenvalue weighted by molar-refractivity contribution is 7.89. The largest absolute Gasteiger partial charge is 0.480 e. The number of aliphatic carboxylic acids is 1. The molecule has 3 rings (SSSR count). The summed E-state index contributed by atoms with van der Waals surface area (Å²) in [6.07, 6.45) is 1.84. The third-order valence-electron chi connectivity index (χ3n) is 5.13. The molecule has 2 N–H and O–H groups in total. The molecular weight excluding hydrogens is 376 g/mol. The second kappa shape index (κ2) is 8.86. The molecule has 0 spiro atoms. The van der Waals surface area contributed by atoms with Gasteiger partial charge in [-0.25, -0.2) is 8.42 Å². The molecule has 7 heteroatoms. The first-order valence-electron chi connectivity index (χ1n) is 9.46. The number of nitrogens with zero attached hydrogens (tertiary/aromatic N) is 1. The Hall–Kier alpha value is -2.22. The predicted octanol–water partition coefficient (Wildman–Crippen LogP) is 2.43. The molecule has 6 nitrogen and oxygen atoms in total. The van der Waals surface area contributed by atoms with Gasteiger partial charge in [0.25, 0.3) is 0 Å². The third kappa shape index (κ3) is 4.79. The van der Waals surface area contributed by atoms with E-state index >= 15 is 0 Å². The van der Waals surface area contributed by atoms with E-state index in [1.807, 2.05) is 37.3 Å². The molecule has 0 bridgehead atoms. The van der Waals surface area contributed by atoms with Crippen molar-refractivity contribution in [2.75, 3.05) is 13.1 Å². The van der Waals surface area contributed by atoms with Gasteiger partial charge >= 0.3 is 5.97 Å². The van der Waals surface area contributed by atoms with Crippen molar-refractivity contribution in [1.82, 2.24) is 9.62 Å². The smallest absolute Gasteiger partial charge is 0.321 e. The van der Waals surface area contributed by atoms with Crippen LogP contribution in [-0.4, -0.2) is 49.0 Å². The van der Waals surface area contributed by atoms with Crippen LogP contribution in [0.3, 0.4) is 0 Å². The standard InChI is InChI=1S/C21H26N2O4S/c1-16-9-11-19(12-10-16)28(26,27)23-13-5-8-18(23)15-22-20(21(24)25)14-17-6-3-2-4-7-17/h2-4,6-7,9-12,18,20,22H,5,8,13-15H2,1H3,(H,24,25)/t18-,20-/m0/s1. The molecule has 2 aromatic carbocycles. The summed E-state index contributed by atoms with van der Waals surface area (Å²) in [7, 11) is -3.59. The van der Waals surface area contributed by atoms with Crippen LogP contribution in [0, 0.1) is 6.92 Å². The molecule has 1 fully saturated rings. The minimum absolute atomic E-state index is 0.246. The highest BCUT2D eigenvalue weighted by Gasteiger charge is 2.35. The van der Waals surface area contributed by atoms with Crippen LogP contribution in [0.1, 0.15) is 24.0 Å².